The molecule has 0 bridgehead atoms. The van der Waals surface area contributed by atoms with E-state index in [2.05, 4.69) is 6.92 Å². The van der Waals surface area contributed by atoms with Crippen molar-refractivity contribution in [3.63, 3.8) is 0 Å². The van der Waals surface area contributed by atoms with Gasteiger partial charge < -0.3 is 15.3 Å². The number of carbonyl (C=O) groups is 2. The zero-order chi connectivity index (χ0) is 18.8. The summed E-state index contributed by atoms with van der Waals surface area (Å²) in [6.45, 7) is 4.71. The number of aliphatic hydroxyl groups is 1. The summed E-state index contributed by atoms with van der Waals surface area (Å²) in [5.74, 6) is -1.94. The van der Waals surface area contributed by atoms with Crippen molar-refractivity contribution >= 4 is 11.9 Å². The predicted molar refractivity (Wildman–Crippen MR) is 97.3 cm³/mol. The summed E-state index contributed by atoms with van der Waals surface area (Å²) in [4.78, 5) is 19.7. The summed E-state index contributed by atoms with van der Waals surface area (Å²) in [6, 6.07) is 0. The van der Waals surface area contributed by atoms with Crippen molar-refractivity contribution in [1.82, 2.24) is 0 Å². The summed E-state index contributed by atoms with van der Waals surface area (Å²) < 4.78 is 0. The van der Waals surface area contributed by atoms with Crippen LogP contribution in [0, 0.1) is 0 Å². The Morgan fingerprint density at radius 2 is 1.04 bits per heavy atom. The number of rotatable bonds is 14. The van der Waals surface area contributed by atoms with E-state index >= 15 is 0 Å². The monoisotopic (exact) mass is 346 g/mol. The molecular weight excluding hydrogens is 308 g/mol. The highest BCUT2D eigenvalue weighted by Crippen LogP contribution is 2.17. The van der Waals surface area contributed by atoms with Crippen molar-refractivity contribution in [1.29, 1.82) is 0 Å². The van der Waals surface area contributed by atoms with Crippen LogP contribution in [0.1, 0.15) is 104 Å². The summed E-state index contributed by atoms with van der Waals surface area (Å²) in [6.07, 6.45) is 15.4. The van der Waals surface area contributed by atoms with Gasteiger partial charge >= 0.3 is 5.97 Å². The lowest BCUT2D eigenvalue weighted by Crippen LogP contribution is -2.34. The molecule has 0 aromatic heterocycles. The molecule has 0 radical (unpaired) electrons. The maximum absolute atomic E-state index is 10.7. The molecule has 0 saturated carbocycles. The molecule has 0 rings (SSSR count). The first kappa shape index (κ1) is 25.1. The Balaban J connectivity index is 0. The Morgan fingerprint density at radius 3 is 1.33 bits per heavy atom. The number of carboxylic acid groups (broad SMARTS) is 2. The Kier molecular flexibility index (Phi) is 17.5. The number of aliphatic carboxylic acids is 2. The quantitative estimate of drug-likeness (QED) is 0.385. The first-order valence-electron chi connectivity index (χ1n) is 9.39. The fraction of sp³-hybridized carbons (Fsp3) is 0.895. The van der Waals surface area contributed by atoms with Crippen LogP contribution in [0.25, 0.3) is 0 Å². The van der Waals surface area contributed by atoms with Gasteiger partial charge in [0.15, 0.2) is 5.60 Å². The van der Waals surface area contributed by atoms with Crippen LogP contribution in [0.3, 0.4) is 0 Å². The molecule has 0 aliphatic heterocycles. The third-order valence-corrected chi connectivity index (χ3v) is 3.98. The molecule has 0 fully saturated rings. The van der Waals surface area contributed by atoms with Crippen molar-refractivity contribution in [3.8, 4) is 0 Å². The average Bonchev–Trinajstić information content (AvgIpc) is 2.47. The average molecular weight is 347 g/mol. The molecule has 5 heteroatoms. The smallest absolute Gasteiger partial charge is 0.335 e. The van der Waals surface area contributed by atoms with E-state index in [9.17, 15) is 9.90 Å². The molecular formula is C19H38O5. The molecule has 0 aromatic carbocycles. The predicted octanol–water partition coefficient (Wildman–Crippen LogP) is 5.00. The summed E-state index contributed by atoms with van der Waals surface area (Å²) in [7, 11) is 0. The normalized spacial score (nSPS) is 12.8. The van der Waals surface area contributed by atoms with E-state index in [4.69, 9.17) is 15.0 Å². The van der Waals surface area contributed by atoms with Gasteiger partial charge in [-0.1, -0.05) is 77.6 Å². The van der Waals surface area contributed by atoms with Crippen molar-refractivity contribution in [2.24, 2.45) is 0 Å². The van der Waals surface area contributed by atoms with E-state index in [1.54, 1.807) is 0 Å². The maximum atomic E-state index is 10.7. The van der Waals surface area contributed by atoms with Gasteiger partial charge in [-0.05, 0) is 19.8 Å². The topological polar surface area (TPSA) is 94.8 Å². The van der Waals surface area contributed by atoms with Crippen molar-refractivity contribution in [3.05, 3.63) is 0 Å². The molecule has 1 atom stereocenters. The van der Waals surface area contributed by atoms with Crippen LogP contribution in [-0.4, -0.2) is 32.9 Å². The number of hydrogen-bond acceptors (Lipinski definition) is 3. The molecule has 3 N–H and O–H groups in total. The summed E-state index contributed by atoms with van der Waals surface area (Å²) in [5, 5.41) is 25.7. The van der Waals surface area contributed by atoms with Crippen LogP contribution in [0.5, 0.6) is 0 Å². The first-order valence-corrected chi connectivity index (χ1v) is 9.39. The number of carboxylic acids is 2. The van der Waals surface area contributed by atoms with Crippen LogP contribution >= 0.6 is 0 Å². The van der Waals surface area contributed by atoms with Crippen LogP contribution in [0.2, 0.25) is 0 Å². The highest BCUT2D eigenvalue weighted by Gasteiger charge is 2.28. The van der Waals surface area contributed by atoms with Gasteiger partial charge in [0.2, 0.25) is 0 Å². The second-order valence-electron chi connectivity index (χ2n) is 6.74. The van der Waals surface area contributed by atoms with Gasteiger partial charge in [-0.3, -0.25) is 4.79 Å². The van der Waals surface area contributed by atoms with Gasteiger partial charge in [0, 0.05) is 6.92 Å². The summed E-state index contributed by atoms with van der Waals surface area (Å²) in [5.41, 5.74) is -1.54. The molecule has 24 heavy (non-hydrogen) atoms. The highest BCUT2D eigenvalue weighted by molar-refractivity contribution is 5.76. The van der Waals surface area contributed by atoms with Gasteiger partial charge in [0.25, 0.3) is 5.97 Å². The Hall–Kier alpha value is -1.10. The minimum absolute atomic E-state index is 0.361. The molecule has 0 heterocycles. The number of unbranched alkanes of at least 4 members (excludes halogenated alkanes) is 11. The molecule has 0 aliphatic rings. The third-order valence-electron chi connectivity index (χ3n) is 3.98. The van der Waals surface area contributed by atoms with Crippen LogP contribution < -0.4 is 0 Å². The molecule has 144 valence electrons. The Morgan fingerprint density at radius 1 is 0.750 bits per heavy atom. The van der Waals surface area contributed by atoms with Crippen molar-refractivity contribution in [2.45, 2.75) is 110 Å². The van der Waals surface area contributed by atoms with Gasteiger partial charge in [-0.25, -0.2) is 4.79 Å². The standard InChI is InChI=1S/C17H34O3.C2H4O2/c1-3-4-5-6-7-8-9-10-11-12-13-14-15-17(2,20)16(18)19;1-2(3)4/h20H,3-15H2,1-2H3,(H,18,19);1H3,(H,3,4). The minimum Gasteiger partial charge on any atom is -0.481 e. The van der Waals surface area contributed by atoms with E-state index in [1.807, 2.05) is 0 Å². The van der Waals surface area contributed by atoms with E-state index in [0.717, 1.165) is 26.2 Å². The SMILES string of the molecule is CC(=O)O.CCCCCCCCCCCCCCC(C)(O)C(=O)O. The van der Waals surface area contributed by atoms with Crippen molar-refractivity contribution in [2.75, 3.05) is 0 Å². The number of hydrogen-bond donors (Lipinski definition) is 3. The molecule has 0 spiro atoms. The van der Waals surface area contributed by atoms with Gasteiger partial charge in [0.05, 0.1) is 0 Å². The van der Waals surface area contributed by atoms with Crippen molar-refractivity contribution < 1.29 is 24.9 Å². The zero-order valence-corrected chi connectivity index (χ0v) is 15.9. The van der Waals surface area contributed by atoms with E-state index in [0.29, 0.717) is 6.42 Å². The lowest BCUT2D eigenvalue weighted by Gasteiger charge is -2.17. The lowest BCUT2D eigenvalue weighted by molar-refractivity contribution is -0.157. The molecule has 0 saturated heterocycles. The van der Waals surface area contributed by atoms with E-state index in [1.165, 1.54) is 64.7 Å². The van der Waals surface area contributed by atoms with Crippen LogP contribution in [0.4, 0.5) is 0 Å². The highest BCUT2D eigenvalue weighted by atomic mass is 16.4. The summed E-state index contributed by atoms with van der Waals surface area (Å²) >= 11 is 0. The molecule has 1 unspecified atom stereocenters. The second kappa shape index (κ2) is 16.7. The molecule has 0 amide bonds. The van der Waals surface area contributed by atoms with Gasteiger partial charge in [-0.15, -0.1) is 0 Å². The molecule has 0 aromatic rings. The van der Waals surface area contributed by atoms with Crippen LogP contribution in [0.15, 0.2) is 0 Å². The van der Waals surface area contributed by atoms with Gasteiger partial charge in [-0.2, -0.15) is 0 Å². The Bertz CT molecular complexity index is 309. The maximum Gasteiger partial charge on any atom is 0.335 e. The first-order chi connectivity index (χ1) is 11.2. The molecule has 5 nitrogen and oxygen atoms in total. The third kappa shape index (κ3) is 20.9. The lowest BCUT2D eigenvalue weighted by atomic mass is 9.97. The largest absolute Gasteiger partial charge is 0.481 e. The minimum atomic E-state index is -1.54. The fourth-order valence-corrected chi connectivity index (χ4v) is 2.42. The van der Waals surface area contributed by atoms with Crippen LogP contribution in [-0.2, 0) is 9.59 Å². The fourth-order valence-electron chi connectivity index (χ4n) is 2.42. The Labute approximate surface area is 147 Å². The zero-order valence-electron chi connectivity index (χ0n) is 15.9. The van der Waals surface area contributed by atoms with E-state index < -0.39 is 17.5 Å². The molecule has 0 aliphatic carbocycles. The van der Waals surface area contributed by atoms with Gasteiger partial charge in [0.1, 0.15) is 0 Å². The van der Waals surface area contributed by atoms with E-state index in [-0.39, 0.29) is 0 Å². The second-order valence-corrected chi connectivity index (χ2v) is 6.74.